The molecule has 1 aromatic carbocycles. The minimum atomic E-state index is -0.0925. The van der Waals surface area contributed by atoms with E-state index in [0.717, 1.165) is 6.42 Å². The van der Waals surface area contributed by atoms with Gasteiger partial charge < -0.3 is 10.4 Å². The van der Waals surface area contributed by atoms with Crippen molar-refractivity contribution in [2.75, 3.05) is 13.2 Å². The van der Waals surface area contributed by atoms with Crippen molar-refractivity contribution in [2.45, 2.75) is 19.8 Å². The van der Waals surface area contributed by atoms with Gasteiger partial charge in [0.1, 0.15) is 0 Å². The zero-order valence-electron chi connectivity index (χ0n) is 8.99. The molecule has 15 heavy (non-hydrogen) atoms. The molecule has 0 saturated heterocycles. The average Bonchev–Trinajstić information content (AvgIpc) is 2.18. The van der Waals surface area contributed by atoms with Gasteiger partial charge in [0, 0.05) is 13.0 Å². The first kappa shape index (κ1) is 11.7. The molecule has 1 rings (SSSR count). The Hall–Kier alpha value is -1.35. The van der Waals surface area contributed by atoms with Crippen molar-refractivity contribution < 1.29 is 9.90 Å². The molecule has 0 atom stereocenters. The Kier molecular flexibility index (Phi) is 4.84. The molecule has 1 aromatic rings. The molecule has 0 spiro atoms. The van der Waals surface area contributed by atoms with Crippen LogP contribution in [0.4, 0.5) is 0 Å². The quantitative estimate of drug-likeness (QED) is 0.757. The lowest BCUT2D eigenvalue weighted by Gasteiger charge is -2.04. The standard InChI is InChI=1S/C12H17NO2/c1-10-3-2-4-11(9-10)5-7-13-12(15)6-8-14/h2-4,9,14H,5-8H2,1H3,(H,13,15). The third kappa shape index (κ3) is 4.61. The number of aryl methyl sites for hydroxylation is 1. The molecule has 3 nitrogen and oxygen atoms in total. The van der Waals surface area contributed by atoms with E-state index < -0.39 is 0 Å². The van der Waals surface area contributed by atoms with Crippen LogP contribution in [0.1, 0.15) is 17.5 Å². The van der Waals surface area contributed by atoms with Gasteiger partial charge >= 0.3 is 0 Å². The molecule has 0 aliphatic rings. The number of carbonyl (C=O) groups is 1. The van der Waals surface area contributed by atoms with Gasteiger partial charge in [0.15, 0.2) is 0 Å². The second-order valence-electron chi connectivity index (χ2n) is 3.56. The van der Waals surface area contributed by atoms with Crippen molar-refractivity contribution >= 4 is 5.91 Å². The molecule has 0 saturated carbocycles. The van der Waals surface area contributed by atoms with E-state index in [1.165, 1.54) is 11.1 Å². The van der Waals surface area contributed by atoms with Gasteiger partial charge in [0.25, 0.3) is 0 Å². The second kappa shape index (κ2) is 6.19. The van der Waals surface area contributed by atoms with Crippen LogP contribution in [0, 0.1) is 6.92 Å². The normalized spacial score (nSPS) is 10.0. The number of benzene rings is 1. The van der Waals surface area contributed by atoms with Crippen LogP contribution in [0.25, 0.3) is 0 Å². The van der Waals surface area contributed by atoms with Crippen LogP contribution in [-0.2, 0) is 11.2 Å². The highest BCUT2D eigenvalue weighted by Gasteiger charge is 1.99. The summed E-state index contributed by atoms with van der Waals surface area (Å²) in [4.78, 5) is 11.0. The van der Waals surface area contributed by atoms with Crippen molar-refractivity contribution in [3.63, 3.8) is 0 Å². The monoisotopic (exact) mass is 207 g/mol. The highest BCUT2D eigenvalue weighted by Crippen LogP contribution is 2.03. The summed E-state index contributed by atoms with van der Waals surface area (Å²) in [5.74, 6) is -0.0925. The maximum absolute atomic E-state index is 11.0. The summed E-state index contributed by atoms with van der Waals surface area (Å²) in [7, 11) is 0. The third-order valence-electron chi connectivity index (χ3n) is 2.16. The summed E-state index contributed by atoms with van der Waals surface area (Å²) in [6.45, 7) is 2.59. The SMILES string of the molecule is Cc1cccc(CCNC(=O)CCO)c1. The lowest BCUT2D eigenvalue weighted by molar-refractivity contribution is -0.121. The predicted molar refractivity (Wildman–Crippen MR) is 59.6 cm³/mol. The first-order valence-electron chi connectivity index (χ1n) is 5.15. The van der Waals surface area contributed by atoms with Gasteiger partial charge in [-0.3, -0.25) is 4.79 Å². The molecule has 0 aromatic heterocycles. The molecule has 0 unspecified atom stereocenters. The number of aliphatic hydroxyl groups excluding tert-OH is 1. The van der Waals surface area contributed by atoms with Crippen LogP contribution < -0.4 is 5.32 Å². The van der Waals surface area contributed by atoms with E-state index in [1.807, 2.05) is 25.1 Å². The van der Waals surface area contributed by atoms with Crippen LogP contribution in [0.3, 0.4) is 0 Å². The molecule has 0 aliphatic heterocycles. The predicted octanol–water partition coefficient (Wildman–Crippen LogP) is 1.04. The van der Waals surface area contributed by atoms with Gasteiger partial charge in [-0.1, -0.05) is 29.8 Å². The molecule has 2 N–H and O–H groups in total. The molecule has 0 heterocycles. The Bertz CT molecular complexity index is 323. The molecule has 0 fully saturated rings. The minimum absolute atomic E-state index is 0.0870. The summed E-state index contributed by atoms with van der Waals surface area (Å²) in [6.07, 6.45) is 1.02. The lowest BCUT2D eigenvalue weighted by Crippen LogP contribution is -2.26. The number of aliphatic hydroxyl groups is 1. The Morgan fingerprint density at radius 1 is 1.47 bits per heavy atom. The van der Waals surface area contributed by atoms with Gasteiger partial charge in [-0.05, 0) is 18.9 Å². The van der Waals surface area contributed by atoms with E-state index in [-0.39, 0.29) is 18.9 Å². The van der Waals surface area contributed by atoms with Crippen LogP contribution in [0.5, 0.6) is 0 Å². The van der Waals surface area contributed by atoms with Crippen molar-refractivity contribution in [3.05, 3.63) is 35.4 Å². The van der Waals surface area contributed by atoms with Crippen LogP contribution in [0.2, 0.25) is 0 Å². The van der Waals surface area contributed by atoms with Crippen molar-refractivity contribution in [1.29, 1.82) is 0 Å². The smallest absolute Gasteiger partial charge is 0.222 e. The van der Waals surface area contributed by atoms with E-state index in [2.05, 4.69) is 11.4 Å². The van der Waals surface area contributed by atoms with Gasteiger partial charge in [0.05, 0.1) is 6.61 Å². The summed E-state index contributed by atoms with van der Waals surface area (Å²) in [5, 5.41) is 11.3. The van der Waals surface area contributed by atoms with Crippen LogP contribution in [0.15, 0.2) is 24.3 Å². The summed E-state index contributed by atoms with van der Waals surface area (Å²) >= 11 is 0. The van der Waals surface area contributed by atoms with Crippen LogP contribution >= 0.6 is 0 Å². The topological polar surface area (TPSA) is 49.3 Å². The molecule has 3 heteroatoms. The van der Waals surface area contributed by atoms with Crippen molar-refractivity contribution in [3.8, 4) is 0 Å². The summed E-state index contributed by atoms with van der Waals surface area (Å²) in [5.41, 5.74) is 2.45. The number of hydrogen-bond donors (Lipinski definition) is 2. The molecular formula is C12H17NO2. The molecule has 0 radical (unpaired) electrons. The van der Waals surface area contributed by atoms with Gasteiger partial charge in [-0.25, -0.2) is 0 Å². The summed E-state index contributed by atoms with van der Waals surface area (Å²) < 4.78 is 0. The zero-order valence-corrected chi connectivity index (χ0v) is 8.99. The molecule has 0 bridgehead atoms. The number of nitrogens with one attached hydrogen (secondary N) is 1. The first-order valence-corrected chi connectivity index (χ1v) is 5.15. The fourth-order valence-corrected chi connectivity index (χ4v) is 1.40. The van der Waals surface area contributed by atoms with E-state index in [9.17, 15) is 4.79 Å². The van der Waals surface area contributed by atoms with E-state index in [0.29, 0.717) is 6.54 Å². The molecular weight excluding hydrogens is 190 g/mol. The van der Waals surface area contributed by atoms with Crippen molar-refractivity contribution in [1.82, 2.24) is 5.32 Å². The largest absolute Gasteiger partial charge is 0.396 e. The van der Waals surface area contributed by atoms with Crippen LogP contribution in [-0.4, -0.2) is 24.2 Å². The summed E-state index contributed by atoms with van der Waals surface area (Å²) in [6, 6.07) is 8.22. The third-order valence-corrected chi connectivity index (χ3v) is 2.16. The Labute approximate surface area is 90.1 Å². The van der Waals surface area contributed by atoms with Crippen molar-refractivity contribution in [2.24, 2.45) is 0 Å². The maximum atomic E-state index is 11.0. The van der Waals surface area contributed by atoms with Gasteiger partial charge in [0.2, 0.25) is 5.91 Å². The maximum Gasteiger partial charge on any atom is 0.222 e. The fourth-order valence-electron chi connectivity index (χ4n) is 1.40. The van der Waals surface area contributed by atoms with E-state index >= 15 is 0 Å². The first-order chi connectivity index (χ1) is 7.22. The number of rotatable bonds is 5. The highest BCUT2D eigenvalue weighted by atomic mass is 16.3. The Balaban J connectivity index is 2.28. The zero-order chi connectivity index (χ0) is 11.1. The number of hydrogen-bond acceptors (Lipinski definition) is 2. The lowest BCUT2D eigenvalue weighted by atomic mass is 10.1. The molecule has 1 amide bonds. The van der Waals surface area contributed by atoms with Gasteiger partial charge in [-0.2, -0.15) is 0 Å². The number of amides is 1. The van der Waals surface area contributed by atoms with Gasteiger partial charge in [-0.15, -0.1) is 0 Å². The fraction of sp³-hybridized carbons (Fsp3) is 0.417. The van der Waals surface area contributed by atoms with E-state index in [4.69, 9.17) is 5.11 Å². The van der Waals surface area contributed by atoms with E-state index in [1.54, 1.807) is 0 Å². The molecule has 0 aliphatic carbocycles. The Morgan fingerprint density at radius 2 is 2.27 bits per heavy atom. The Morgan fingerprint density at radius 3 is 2.93 bits per heavy atom. The average molecular weight is 207 g/mol. The number of carbonyl (C=O) groups excluding carboxylic acids is 1. The molecule has 82 valence electrons. The minimum Gasteiger partial charge on any atom is -0.396 e. The second-order valence-corrected chi connectivity index (χ2v) is 3.56. The highest BCUT2D eigenvalue weighted by molar-refractivity contribution is 5.75.